The quantitative estimate of drug-likeness (QED) is 0.269. The van der Waals surface area contributed by atoms with E-state index in [1.165, 1.54) is 13.2 Å². The van der Waals surface area contributed by atoms with Crippen molar-refractivity contribution in [2.45, 2.75) is 13.5 Å². The maximum atomic E-state index is 13.5. The van der Waals surface area contributed by atoms with Gasteiger partial charge in [0.2, 0.25) is 0 Å². The summed E-state index contributed by atoms with van der Waals surface area (Å²) in [6.07, 6.45) is 0.690. The summed E-state index contributed by atoms with van der Waals surface area (Å²) in [4.78, 5) is 28.7. The van der Waals surface area contributed by atoms with Crippen LogP contribution in [0.5, 0.6) is 23.1 Å². The Hall–Kier alpha value is -4.37. The molecule has 0 fully saturated rings. The Bertz CT molecular complexity index is 1360. The highest BCUT2D eigenvalue weighted by Crippen LogP contribution is 2.35. The van der Waals surface area contributed by atoms with Gasteiger partial charge in [0.15, 0.2) is 17.8 Å². The number of ketones is 1. The van der Waals surface area contributed by atoms with E-state index < -0.39 is 0 Å². The zero-order chi connectivity index (χ0) is 26.2. The second kappa shape index (κ2) is 11.9. The summed E-state index contributed by atoms with van der Waals surface area (Å²) in [5, 5.41) is 17.9. The maximum absolute atomic E-state index is 13.5. The molecule has 0 aliphatic rings. The van der Waals surface area contributed by atoms with Gasteiger partial charge in [0.25, 0.3) is 5.88 Å². The van der Waals surface area contributed by atoms with Crippen LogP contribution in [0.4, 0.5) is 0 Å². The van der Waals surface area contributed by atoms with E-state index in [2.05, 4.69) is 4.98 Å². The van der Waals surface area contributed by atoms with Crippen LogP contribution in [0.1, 0.15) is 27.2 Å². The highest BCUT2D eigenvalue weighted by molar-refractivity contribution is 6.17. The Balaban J connectivity index is 0.00000176. The number of hydrogen-bond donors (Lipinski definition) is 2. The molecule has 0 atom stereocenters. The molecule has 2 aromatic heterocycles. The van der Waals surface area contributed by atoms with Crippen LogP contribution in [-0.4, -0.2) is 59.8 Å². The number of aldehydes is 1. The van der Waals surface area contributed by atoms with Gasteiger partial charge in [0.1, 0.15) is 23.8 Å². The number of carbonyl (C=O) groups is 2. The Labute approximate surface area is 208 Å². The molecular weight excluding hydrogens is 464 g/mol. The molecule has 0 spiro atoms. The monoisotopic (exact) mass is 492 g/mol. The fourth-order valence-corrected chi connectivity index (χ4v) is 3.92. The van der Waals surface area contributed by atoms with E-state index in [0.29, 0.717) is 52.2 Å². The van der Waals surface area contributed by atoms with Crippen molar-refractivity contribution in [1.29, 1.82) is 0 Å². The SMILES string of the molecule is CO.COc1ccc(C(=O)c2c(C)n(Cc3cccc(OCC=O)c3)c3nc(OC)c(O)cc23)cc1. The number of aromatic hydroxyl groups is 1. The van der Waals surface area contributed by atoms with Crippen molar-refractivity contribution in [3.8, 4) is 23.1 Å². The molecule has 2 N–H and O–H groups in total. The molecule has 0 radical (unpaired) electrons. The maximum Gasteiger partial charge on any atom is 0.258 e. The summed E-state index contributed by atoms with van der Waals surface area (Å²) >= 11 is 0. The zero-order valence-electron chi connectivity index (χ0n) is 20.5. The van der Waals surface area contributed by atoms with Gasteiger partial charge < -0.3 is 29.0 Å². The third kappa shape index (κ3) is 5.31. The van der Waals surface area contributed by atoms with Crippen LogP contribution in [0.15, 0.2) is 54.6 Å². The fourth-order valence-electron chi connectivity index (χ4n) is 3.92. The van der Waals surface area contributed by atoms with Crippen molar-refractivity contribution in [3.63, 3.8) is 0 Å². The third-order valence-corrected chi connectivity index (χ3v) is 5.57. The van der Waals surface area contributed by atoms with Crippen molar-refractivity contribution in [2.75, 3.05) is 27.9 Å². The van der Waals surface area contributed by atoms with Crippen LogP contribution in [0.25, 0.3) is 11.0 Å². The van der Waals surface area contributed by atoms with Gasteiger partial charge in [-0.25, -0.2) is 0 Å². The molecule has 2 heterocycles. The van der Waals surface area contributed by atoms with Crippen molar-refractivity contribution in [2.24, 2.45) is 0 Å². The van der Waals surface area contributed by atoms with E-state index in [4.69, 9.17) is 19.3 Å². The van der Waals surface area contributed by atoms with Crippen LogP contribution in [0.2, 0.25) is 0 Å². The Morgan fingerprint density at radius 3 is 2.39 bits per heavy atom. The minimum absolute atomic E-state index is 0.0343. The highest BCUT2D eigenvalue weighted by Gasteiger charge is 2.24. The summed E-state index contributed by atoms with van der Waals surface area (Å²) in [5.41, 5.74) is 3.01. The summed E-state index contributed by atoms with van der Waals surface area (Å²) in [7, 11) is 3.99. The van der Waals surface area contributed by atoms with Gasteiger partial charge in [-0.1, -0.05) is 12.1 Å². The number of nitrogens with zero attached hydrogens (tertiary/aromatic N) is 2. The average molecular weight is 493 g/mol. The molecule has 0 bridgehead atoms. The van der Waals surface area contributed by atoms with Crippen molar-refractivity contribution < 1.29 is 34.0 Å². The highest BCUT2D eigenvalue weighted by atomic mass is 16.5. The molecule has 0 saturated carbocycles. The summed E-state index contributed by atoms with van der Waals surface area (Å²) in [6.45, 7) is 2.19. The standard InChI is InChI=1S/C26H24N2O6.CH4O/c1-16-23(24(31)18-7-9-19(32-2)10-8-18)21-14-22(30)26(33-3)27-25(21)28(16)15-17-5-4-6-20(13-17)34-12-11-29;1-2/h4-11,13-14,30H,12,15H2,1-3H3;2H,1H3. The largest absolute Gasteiger partial charge is 0.503 e. The lowest BCUT2D eigenvalue weighted by atomic mass is 10.0. The number of pyridine rings is 1. The number of rotatable bonds is 9. The van der Waals surface area contributed by atoms with Gasteiger partial charge in [-0.05, 0) is 55.0 Å². The second-order valence-corrected chi connectivity index (χ2v) is 7.62. The number of aromatic nitrogens is 2. The lowest BCUT2D eigenvalue weighted by molar-refractivity contribution is -0.109. The molecule has 0 amide bonds. The van der Waals surface area contributed by atoms with E-state index in [1.807, 2.05) is 29.7 Å². The van der Waals surface area contributed by atoms with Crippen molar-refractivity contribution >= 4 is 23.1 Å². The van der Waals surface area contributed by atoms with Gasteiger partial charge >= 0.3 is 0 Å². The minimum atomic E-state index is -0.196. The van der Waals surface area contributed by atoms with Crippen LogP contribution >= 0.6 is 0 Å². The number of benzene rings is 2. The number of aliphatic hydroxyl groups is 1. The van der Waals surface area contributed by atoms with E-state index >= 15 is 0 Å². The molecule has 4 rings (SSSR count). The molecule has 188 valence electrons. The Kier molecular flexibility index (Phi) is 8.64. The molecule has 0 unspecified atom stereocenters. The van der Waals surface area contributed by atoms with Crippen molar-refractivity contribution in [1.82, 2.24) is 9.55 Å². The minimum Gasteiger partial charge on any atom is -0.503 e. The van der Waals surface area contributed by atoms with E-state index in [0.717, 1.165) is 12.7 Å². The molecule has 0 aliphatic carbocycles. The first-order valence-electron chi connectivity index (χ1n) is 11.0. The lowest BCUT2D eigenvalue weighted by Crippen LogP contribution is -2.07. The van der Waals surface area contributed by atoms with Crippen LogP contribution in [0, 0.1) is 6.92 Å². The average Bonchev–Trinajstić information content (AvgIpc) is 3.17. The number of ether oxygens (including phenoxy) is 3. The van der Waals surface area contributed by atoms with Gasteiger partial charge in [-0.2, -0.15) is 4.98 Å². The molecule has 4 aromatic rings. The van der Waals surface area contributed by atoms with Crippen molar-refractivity contribution in [3.05, 3.63) is 77.0 Å². The van der Waals surface area contributed by atoms with Gasteiger partial charge in [0, 0.05) is 30.3 Å². The summed E-state index contributed by atoms with van der Waals surface area (Å²) < 4.78 is 17.7. The Morgan fingerprint density at radius 1 is 1.03 bits per heavy atom. The lowest BCUT2D eigenvalue weighted by Gasteiger charge is -2.11. The number of fused-ring (bicyclic) bond motifs is 1. The normalized spacial score (nSPS) is 10.4. The molecule has 36 heavy (non-hydrogen) atoms. The first-order chi connectivity index (χ1) is 17.5. The molecule has 0 aliphatic heterocycles. The summed E-state index contributed by atoms with van der Waals surface area (Å²) in [5.74, 6) is 0.934. The second-order valence-electron chi connectivity index (χ2n) is 7.62. The van der Waals surface area contributed by atoms with Crippen LogP contribution in [-0.2, 0) is 11.3 Å². The van der Waals surface area contributed by atoms with Gasteiger partial charge in [-0.3, -0.25) is 9.59 Å². The first-order valence-corrected chi connectivity index (χ1v) is 11.0. The van der Waals surface area contributed by atoms with E-state index in [1.54, 1.807) is 37.4 Å². The third-order valence-electron chi connectivity index (χ3n) is 5.57. The number of hydrogen-bond acceptors (Lipinski definition) is 8. The predicted octanol–water partition coefficient (Wildman–Crippen LogP) is 3.53. The van der Waals surface area contributed by atoms with Crippen LogP contribution < -0.4 is 14.2 Å². The number of aliphatic hydroxyl groups excluding tert-OH is 1. The fraction of sp³-hybridized carbons (Fsp3) is 0.222. The van der Waals surface area contributed by atoms with Gasteiger partial charge in [0.05, 0.1) is 19.8 Å². The van der Waals surface area contributed by atoms with E-state index in [-0.39, 0.29) is 24.0 Å². The Morgan fingerprint density at radius 2 is 1.75 bits per heavy atom. The molecule has 2 aromatic carbocycles. The number of methoxy groups -OCH3 is 2. The first kappa shape index (κ1) is 26.2. The zero-order valence-corrected chi connectivity index (χ0v) is 20.5. The van der Waals surface area contributed by atoms with Gasteiger partial charge in [-0.15, -0.1) is 0 Å². The van der Waals surface area contributed by atoms with E-state index in [9.17, 15) is 14.7 Å². The molecule has 0 saturated heterocycles. The topological polar surface area (TPSA) is 120 Å². The molecule has 9 nitrogen and oxygen atoms in total. The summed E-state index contributed by atoms with van der Waals surface area (Å²) in [6, 6.07) is 15.7. The molecular formula is C27H28N2O7. The molecule has 9 heteroatoms. The smallest absolute Gasteiger partial charge is 0.258 e. The van der Waals surface area contributed by atoms with Crippen LogP contribution in [0.3, 0.4) is 0 Å². The predicted molar refractivity (Wildman–Crippen MR) is 134 cm³/mol. The number of carbonyl (C=O) groups excluding carboxylic acids is 2.